The van der Waals surface area contributed by atoms with Crippen LogP contribution in [0, 0.1) is 0 Å². The van der Waals surface area contributed by atoms with Crippen molar-refractivity contribution in [1.29, 1.82) is 0 Å². The number of nitrogens with zero attached hydrogens (tertiary/aromatic N) is 1. The van der Waals surface area contributed by atoms with Crippen LogP contribution in [0.4, 0.5) is 0 Å². The highest BCUT2D eigenvalue weighted by molar-refractivity contribution is 5.96. The van der Waals surface area contributed by atoms with Gasteiger partial charge in [0.05, 0.1) is 7.11 Å². The van der Waals surface area contributed by atoms with E-state index in [1.807, 2.05) is 12.1 Å². The number of fused-ring (bicyclic) bond motifs is 1. The lowest BCUT2D eigenvalue weighted by Gasteiger charge is -2.05. The van der Waals surface area contributed by atoms with Gasteiger partial charge in [0, 0.05) is 29.2 Å². The number of methoxy groups -OCH3 is 1. The fourth-order valence-corrected chi connectivity index (χ4v) is 3.16. The van der Waals surface area contributed by atoms with Crippen LogP contribution in [0.3, 0.4) is 0 Å². The number of benzene rings is 3. The molecule has 0 saturated heterocycles. The molecule has 0 fully saturated rings. The van der Waals surface area contributed by atoms with Gasteiger partial charge >= 0.3 is 0 Å². The van der Waals surface area contributed by atoms with E-state index in [0.717, 1.165) is 12.3 Å². The highest BCUT2D eigenvalue weighted by atomic mass is 16.5. The minimum Gasteiger partial charge on any atom is -0.497 e. The molecule has 1 heterocycles. The predicted molar refractivity (Wildman–Crippen MR) is 99.5 cm³/mol. The smallest absolute Gasteiger partial charge is 0.118 e. The fourth-order valence-electron chi connectivity index (χ4n) is 3.16. The predicted octanol–water partition coefficient (Wildman–Crippen LogP) is 5.37. The second-order valence-corrected chi connectivity index (χ2v) is 5.90. The molecule has 0 unspecified atom stereocenters. The number of hydrogen-bond donors (Lipinski definition) is 0. The Morgan fingerprint density at radius 2 is 1.50 bits per heavy atom. The lowest BCUT2D eigenvalue weighted by molar-refractivity contribution is 0.415. The molecule has 0 aliphatic carbocycles. The molecule has 3 aromatic carbocycles. The molecule has 2 heteroatoms. The summed E-state index contributed by atoms with van der Waals surface area (Å²) in [5.74, 6) is 0.881. The number of rotatable bonds is 4. The normalized spacial score (nSPS) is 10.9. The Bertz CT molecular complexity index is 952. The van der Waals surface area contributed by atoms with Crippen molar-refractivity contribution in [2.45, 2.75) is 6.54 Å². The van der Waals surface area contributed by atoms with Gasteiger partial charge in [0.15, 0.2) is 0 Å². The second-order valence-electron chi connectivity index (χ2n) is 5.90. The molecule has 0 spiro atoms. The first-order chi connectivity index (χ1) is 11.8. The third-order valence-electron chi connectivity index (χ3n) is 4.39. The van der Waals surface area contributed by atoms with Gasteiger partial charge in [0.2, 0.25) is 0 Å². The Balaban J connectivity index is 1.81. The van der Waals surface area contributed by atoms with Crippen molar-refractivity contribution in [3.8, 4) is 16.9 Å². The number of para-hydroxylation sites is 1. The number of ether oxygens (including phenoxy) is 1. The van der Waals surface area contributed by atoms with E-state index in [1.165, 1.54) is 27.6 Å². The van der Waals surface area contributed by atoms with Gasteiger partial charge in [-0.2, -0.15) is 0 Å². The van der Waals surface area contributed by atoms with Crippen LogP contribution in [0.25, 0.3) is 22.0 Å². The van der Waals surface area contributed by atoms with Gasteiger partial charge in [0.1, 0.15) is 5.75 Å². The van der Waals surface area contributed by atoms with Crippen molar-refractivity contribution in [2.75, 3.05) is 7.11 Å². The zero-order valence-electron chi connectivity index (χ0n) is 13.6. The van der Waals surface area contributed by atoms with Crippen molar-refractivity contribution in [2.24, 2.45) is 0 Å². The lowest BCUT2D eigenvalue weighted by Crippen LogP contribution is -1.97. The second kappa shape index (κ2) is 6.25. The van der Waals surface area contributed by atoms with Gasteiger partial charge in [0.25, 0.3) is 0 Å². The van der Waals surface area contributed by atoms with Crippen LogP contribution in [0.15, 0.2) is 85.1 Å². The van der Waals surface area contributed by atoms with Crippen LogP contribution in [0.2, 0.25) is 0 Å². The van der Waals surface area contributed by atoms with E-state index < -0.39 is 0 Å². The van der Waals surface area contributed by atoms with Crippen molar-refractivity contribution >= 4 is 10.9 Å². The molecule has 0 N–H and O–H groups in total. The van der Waals surface area contributed by atoms with Crippen molar-refractivity contribution in [3.05, 3.63) is 90.6 Å². The summed E-state index contributed by atoms with van der Waals surface area (Å²) >= 11 is 0. The largest absolute Gasteiger partial charge is 0.497 e. The summed E-state index contributed by atoms with van der Waals surface area (Å²) in [4.78, 5) is 0. The van der Waals surface area contributed by atoms with E-state index in [9.17, 15) is 0 Å². The van der Waals surface area contributed by atoms with Crippen LogP contribution < -0.4 is 4.74 Å². The van der Waals surface area contributed by atoms with E-state index in [1.54, 1.807) is 7.11 Å². The first kappa shape index (κ1) is 14.6. The van der Waals surface area contributed by atoms with Gasteiger partial charge in [-0.15, -0.1) is 0 Å². The van der Waals surface area contributed by atoms with Crippen LogP contribution in [-0.2, 0) is 6.54 Å². The summed E-state index contributed by atoms with van der Waals surface area (Å²) in [6.45, 7) is 0.873. The molecule has 0 aliphatic rings. The van der Waals surface area contributed by atoms with Crippen LogP contribution in [0.1, 0.15) is 5.56 Å². The van der Waals surface area contributed by atoms with E-state index in [4.69, 9.17) is 4.74 Å². The van der Waals surface area contributed by atoms with E-state index >= 15 is 0 Å². The van der Waals surface area contributed by atoms with Gasteiger partial charge in [-0.25, -0.2) is 0 Å². The summed E-state index contributed by atoms with van der Waals surface area (Å²) in [7, 11) is 1.70. The minimum atomic E-state index is 0.873. The molecule has 4 rings (SSSR count). The molecule has 0 saturated carbocycles. The standard InChI is InChI=1S/C22H19NO/c1-24-19-13-11-18(12-14-19)21-16-23(15-17-7-3-2-4-8-17)22-10-6-5-9-20(21)22/h2-14,16H,15H2,1H3. The molecular formula is C22H19NO. The first-order valence-corrected chi connectivity index (χ1v) is 8.11. The zero-order chi connectivity index (χ0) is 16.4. The number of aromatic nitrogens is 1. The molecule has 1 aromatic heterocycles. The van der Waals surface area contributed by atoms with Crippen LogP contribution in [-0.4, -0.2) is 11.7 Å². The quantitative estimate of drug-likeness (QED) is 0.494. The summed E-state index contributed by atoms with van der Waals surface area (Å²) in [5, 5.41) is 1.28. The maximum absolute atomic E-state index is 5.27. The summed E-state index contributed by atoms with van der Waals surface area (Å²) in [5.41, 5.74) is 5.02. The van der Waals surface area contributed by atoms with Gasteiger partial charge in [-0.3, -0.25) is 0 Å². The number of hydrogen-bond acceptors (Lipinski definition) is 1. The average Bonchev–Trinajstić information content (AvgIpc) is 3.01. The van der Waals surface area contributed by atoms with Crippen molar-refractivity contribution in [1.82, 2.24) is 4.57 Å². The molecule has 0 amide bonds. The van der Waals surface area contributed by atoms with Crippen LogP contribution in [0.5, 0.6) is 5.75 Å². The van der Waals surface area contributed by atoms with E-state index in [2.05, 4.69) is 77.5 Å². The lowest BCUT2D eigenvalue weighted by atomic mass is 10.0. The fraction of sp³-hybridized carbons (Fsp3) is 0.0909. The summed E-state index contributed by atoms with van der Waals surface area (Å²) < 4.78 is 7.60. The summed E-state index contributed by atoms with van der Waals surface area (Å²) in [6.07, 6.45) is 2.25. The molecule has 2 nitrogen and oxygen atoms in total. The van der Waals surface area contributed by atoms with Crippen molar-refractivity contribution < 1.29 is 4.74 Å². The molecule has 0 radical (unpaired) electrons. The third-order valence-corrected chi connectivity index (χ3v) is 4.39. The zero-order valence-corrected chi connectivity index (χ0v) is 13.6. The van der Waals surface area contributed by atoms with E-state index in [-0.39, 0.29) is 0 Å². The van der Waals surface area contributed by atoms with Gasteiger partial charge in [-0.05, 0) is 29.3 Å². The SMILES string of the molecule is COc1ccc(-c2cn(Cc3ccccc3)c3ccccc23)cc1. The van der Waals surface area contributed by atoms with Gasteiger partial charge < -0.3 is 9.30 Å². The van der Waals surface area contributed by atoms with E-state index in [0.29, 0.717) is 0 Å². The Morgan fingerprint density at radius 3 is 2.25 bits per heavy atom. The maximum atomic E-state index is 5.27. The molecule has 0 atom stereocenters. The average molecular weight is 313 g/mol. The van der Waals surface area contributed by atoms with Crippen LogP contribution >= 0.6 is 0 Å². The molecule has 4 aromatic rings. The molecular weight excluding hydrogens is 294 g/mol. The first-order valence-electron chi connectivity index (χ1n) is 8.11. The maximum Gasteiger partial charge on any atom is 0.118 e. The molecule has 118 valence electrons. The Hall–Kier alpha value is -3.00. The Kier molecular flexibility index (Phi) is 3.80. The molecule has 0 bridgehead atoms. The third kappa shape index (κ3) is 2.67. The highest BCUT2D eigenvalue weighted by Crippen LogP contribution is 2.32. The Morgan fingerprint density at radius 1 is 0.792 bits per heavy atom. The van der Waals surface area contributed by atoms with Crippen molar-refractivity contribution in [3.63, 3.8) is 0 Å². The minimum absolute atomic E-state index is 0.873. The molecule has 0 aliphatic heterocycles. The molecule has 24 heavy (non-hydrogen) atoms. The summed E-state index contributed by atoms with van der Waals surface area (Å²) in [6, 6.07) is 27.4. The monoisotopic (exact) mass is 313 g/mol. The highest BCUT2D eigenvalue weighted by Gasteiger charge is 2.10. The Labute approximate surface area is 141 Å². The van der Waals surface area contributed by atoms with Gasteiger partial charge in [-0.1, -0.05) is 60.7 Å². The topological polar surface area (TPSA) is 14.2 Å².